The predicted octanol–water partition coefficient (Wildman–Crippen LogP) is 5.64. The molecule has 2 unspecified atom stereocenters. The van der Waals surface area contributed by atoms with Gasteiger partial charge in [-0.1, -0.05) is 84.7 Å². The average molecular weight is 376 g/mol. The quantitative estimate of drug-likeness (QED) is 0.597. The summed E-state index contributed by atoms with van der Waals surface area (Å²) in [7, 11) is 0. The van der Waals surface area contributed by atoms with Gasteiger partial charge in [0.05, 0.1) is 0 Å². The molecule has 1 aromatic rings. The minimum absolute atomic E-state index is 0.211. The topological polar surface area (TPSA) is 0 Å². The first-order valence-electron chi connectivity index (χ1n) is 6.61. The van der Waals surface area contributed by atoms with E-state index in [1.807, 2.05) is 0 Å². The fourth-order valence-corrected chi connectivity index (χ4v) is 3.03. The van der Waals surface area contributed by atoms with Gasteiger partial charge < -0.3 is 0 Å². The molecule has 0 spiro atoms. The van der Waals surface area contributed by atoms with E-state index in [4.69, 9.17) is 0 Å². The van der Waals surface area contributed by atoms with E-state index in [0.717, 1.165) is 12.8 Å². The third-order valence-electron chi connectivity index (χ3n) is 3.07. The largest absolute Gasteiger partial charge is 0.0890 e. The van der Waals surface area contributed by atoms with Crippen LogP contribution in [0, 0.1) is 0 Å². The van der Waals surface area contributed by atoms with Crippen molar-refractivity contribution in [2.24, 2.45) is 0 Å². The molecule has 0 aromatic heterocycles. The molecule has 0 aliphatic heterocycles. The molecular formula is C16H24Br2. The zero-order valence-electron chi connectivity index (χ0n) is 12.1. The maximum Gasteiger partial charge on any atom is 0.0158 e. The van der Waals surface area contributed by atoms with E-state index in [9.17, 15) is 0 Å². The lowest BCUT2D eigenvalue weighted by Gasteiger charge is -2.26. The summed E-state index contributed by atoms with van der Waals surface area (Å²) < 4.78 is 0. The van der Waals surface area contributed by atoms with Gasteiger partial charge in [-0.25, -0.2) is 0 Å². The van der Waals surface area contributed by atoms with E-state index in [1.54, 1.807) is 0 Å². The van der Waals surface area contributed by atoms with Crippen molar-refractivity contribution in [3.63, 3.8) is 0 Å². The zero-order chi connectivity index (χ0) is 13.9. The first-order valence-corrected chi connectivity index (χ1v) is 8.44. The second-order valence-corrected chi connectivity index (χ2v) is 9.29. The highest BCUT2D eigenvalue weighted by Crippen LogP contribution is 2.31. The lowest BCUT2D eigenvalue weighted by molar-refractivity contribution is 0.580. The zero-order valence-corrected chi connectivity index (χ0v) is 15.2. The van der Waals surface area contributed by atoms with Crippen LogP contribution in [-0.2, 0) is 18.3 Å². The van der Waals surface area contributed by atoms with Crippen molar-refractivity contribution in [1.82, 2.24) is 0 Å². The van der Waals surface area contributed by atoms with Gasteiger partial charge in [0.15, 0.2) is 0 Å². The Balaban J connectivity index is 3.25. The Morgan fingerprint density at radius 3 is 2.00 bits per heavy atom. The van der Waals surface area contributed by atoms with Crippen LogP contribution in [0.1, 0.15) is 51.3 Å². The van der Waals surface area contributed by atoms with Crippen LogP contribution in [0.4, 0.5) is 0 Å². The Kier molecular flexibility index (Phi) is 5.92. The van der Waals surface area contributed by atoms with Crippen molar-refractivity contribution >= 4 is 31.9 Å². The molecule has 102 valence electrons. The molecule has 0 heterocycles. The number of hydrogen-bond donors (Lipinski definition) is 0. The average Bonchev–Trinajstić information content (AvgIpc) is 2.17. The van der Waals surface area contributed by atoms with E-state index in [2.05, 4.69) is 84.7 Å². The van der Waals surface area contributed by atoms with Crippen LogP contribution >= 0.6 is 31.9 Å². The van der Waals surface area contributed by atoms with Crippen molar-refractivity contribution in [3.05, 3.63) is 34.9 Å². The Hall–Kier alpha value is 0.180. The van der Waals surface area contributed by atoms with E-state index in [0.29, 0.717) is 9.65 Å². The molecule has 0 radical (unpaired) electrons. The molecule has 0 aliphatic rings. The lowest BCUT2D eigenvalue weighted by atomic mass is 9.80. The smallest absolute Gasteiger partial charge is 0.0158 e. The second-order valence-electron chi connectivity index (χ2n) is 6.16. The first-order chi connectivity index (χ1) is 8.21. The van der Waals surface area contributed by atoms with E-state index < -0.39 is 0 Å². The molecule has 0 bridgehead atoms. The molecule has 18 heavy (non-hydrogen) atoms. The van der Waals surface area contributed by atoms with Gasteiger partial charge in [-0.2, -0.15) is 0 Å². The van der Waals surface area contributed by atoms with Crippen molar-refractivity contribution < 1.29 is 0 Å². The van der Waals surface area contributed by atoms with E-state index >= 15 is 0 Å². The molecular weight excluding hydrogens is 352 g/mol. The van der Waals surface area contributed by atoms with Gasteiger partial charge >= 0.3 is 0 Å². The Bertz CT molecular complexity index is 387. The minimum atomic E-state index is 0.211. The number of hydrogen-bond acceptors (Lipinski definition) is 0. The Labute approximate surface area is 129 Å². The number of rotatable bonds is 4. The SMILES string of the molecule is CC(Br)Cc1cccc(C(C)(C)C)c1CC(C)Br. The van der Waals surface area contributed by atoms with Crippen LogP contribution in [-0.4, -0.2) is 9.65 Å². The summed E-state index contributed by atoms with van der Waals surface area (Å²) in [5.74, 6) is 0. The van der Waals surface area contributed by atoms with Crippen LogP contribution in [0.3, 0.4) is 0 Å². The maximum atomic E-state index is 3.70. The normalized spacial score (nSPS) is 15.5. The molecule has 1 rings (SSSR count). The number of benzene rings is 1. The van der Waals surface area contributed by atoms with Gasteiger partial charge in [-0.15, -0.1) is 0 Å². The Morgan fingerprint density at radius 1 is 1.00 bits per heavy atom. The van der Waals surface area contributed by atoms with Gasteiger partial charge in [-0.3, -0.25) is 0 Å². The summed E-state index contributed by atoms with van der Waals surface area (Å²) >= 11 is 7.38. The molecule has 0 amide bonds. The summed E-state index contributed by atoms with van der Waals surface area (Å²) in [6, 6.07) is 6.76. The highest BCUT2D eigenvalue weighted by atomic mass is 79.9. The molecule has 2 atom stereocenters. The molecule has 0 nitrogen and oxygen atoms in total. The van der Waals surface area contributed by atoms with E-state index in [-0.39, 0.29) is 5.41 Å². The summed E-state index contributed by atoms with van der Waals surface area (Å²) in [5.41, 5.74) is 4.71. The third kappa shape index (κ3) is 4.70. The third-order valence-corrected chi connectivity index (χ3v) is 3.72. The molecule has 2 heteroatoms. The van der Waals surface area contributed by atoms with E-state index in [1.165, 1.54) is 16.7 Å². The highest BCUT2D eigenvalue weighted by Gasteiger charge is 2.21. The summed E-state index contributed by atoms with van der Waals surface area (Å²) in [5, 5.41) is 0. The highest BCUT2D eigenvalue weighted by molar-refractivity contribution is 9.09. The van der Waals surface area contributed by atoms with Gasteiger partial charge in [0.1, 0.15) is 0 Å². The summed E-state index contributed by atoms with van der Waals surface area (Å²) in [6.45, 7) is 11.3. The summed E-state index contributed by atoms with van der Waals surface area (Å²) in [6.07, 6.45) is 2.20. The van der Waals surface area contributed by atoms with Crippen molar-refractivity contribution in [1.29, 1.82) is 0 Å². The fourth-order valence-electron chi connectivity index (χ4n) is 2.35. The van der Waals surface area contributed by atoms with Crippen molar-refractivity contribution in [3.8, 4) is 0 Å². The van der Waals surface area contributed by atoms with Gasteiger partial charge in [-0.05, 0) is 34.9 Å². The predicted molar refractivity (Wildman–Crippen MR) is 89.3 cm³/mol. The number of alkyl halides is 2. The number of halogens is 2. The molecule has 0 N–H and O–H groups in total. The fraction of sp³-hybridized carbons (Fsp3) is 0.625. The monoisotopic (exact) mass is 374 g/mol. The van der Waals surface area contributed by atoms with Gasteiger partial charge in [0, 0.05) is 9.65 Å². The molecule has 0 saturated heterocycles. The van der Waals surface area contributed by atoms with Gasteiger partial charge in [0.25, 0.3) is 0 Å². The Morgan fingerprint density at radius 2 is 1.56 bits per heavy atom. The second kappa shape index (κ2) is 6.56. The molecule has 0 saturated carbocycles. The minimum Gasteiger partial charge on any atom is -0.0890 e. The maximum absolute atomic E-state index is 3.70. The lowest BCUT2D eigenvalue weighted by Crippen LogP contribution is -2.18. The van der Waals surface area contributed by atoms with Gasteiger partial charge in [0.2, 0.25) is 0 Å². The van der Waals surface area contributed by atoms with Crippen molar-refractivity contribution in [2.45, 2.75) is 62.5 Å². The van der Waals surface area contributed by atoms with Crippen molar-refractivity contribution in [2.75, 3.05) is 0 Å². The summed E-state index contributed by atoms with van der Waals surface area (Å²) in [4.78, 5) is 1.04. The van der Waals surface area contributed by atoms with Crippen LogP contribution in [0.5, 0.6) is 0 Å². The molecule has 0 fully saturated rings. The standard InChI is InChI=1S/C16H24Br2/c1-11(17)9-13-7-6-8-15(16(3,4)5)14(13)10-12(2)18/h6-8,11-12H,9-10H2,1-5H3. The first kappa shape index (κ1) is 16.2. The van der Waals surface area contributed by atoms with Crippen LogP contribution in [0.15, 0.2) is 18.2 Å². The molecule has 0 aliphatic carbocycles. The van der Waals surface area contributed by atoms with Crippen LogP contribution in [0.2, 0.25) is 0 Å². The molecule has 1 aromatic carbocycles. The van der Waals surface area contributed by atoms with Crippen LogP contribution < -0.4 is 0 Å². The van der Waals surface area contributed by atoms with Crippen LogP contribution in [0.25, 0.3) is 0 Å².